The van der Waals surface area contributed by atoms with Crippen molar-refractivity contribution in [3.8, 4) is 0 Å². The molecule has 2 N–H and O–H groups in total. The number of para-hydroxylation sites is 1. The molecule has 5 heterocycles. The van der Waals surface area contributed by atoms with Gasteiger partial charge >= 0.3 is 18.0 Å². The Balaban J connectivity index is 0.846. The predicted molar refractivity (Wildman–Crippen MR) is 265 cm³/mol. The number of benzene rings is 4. The number of carbonyl (C=O) groups excluding carboxylic acids is 4. The van der Waals surface area contributed by atoms with Crippen LogP contribution in [0.1, 0.15) is 80.1 Å². The van der Waals surface area contributed by atoms with E-state index in [4.69, 9.17) is 26.2 Å². The molecule has 1 unspecified atom stereocenters. The third-order valence-corrected chi connectivity index (χ3v) is 14.2. The van der Waals surface area contributed by atoms with Gasteiger partial charge in [-0.15, -0.1) is 0 Å². The number of aromatic amines is 1. The number of carbonyl (C=O) groups is 4. The highest BCUT2D eigenvalue weighted by molar-refractivity contribution is 6.17. The Labute approximate surface area is 406 Å². The van der Waals surface area contributed by atoms with Gasteiger partial charge in [0.25, 0.3) is 5.56 Å². The Morgan fingerprint density at radius 1 is 0.754 bits per heavy atom. The summed E-state index contributed by atoms with van der Waals surface area (Å²) >= 11 is 5.50. The molecule has 16 heteroatoms. The number of pyridine rings is 1. The van der Waals surface area contributed by atoms with Crippen LogP contribution in [0, 0.1) is 6.92 Å². The van der Waals surface area contributed by atoms with E-state index in [0.29, 0.717) is 62.6 Å². The molecule has 0 spiro atoms. The molecular formula is C53H59ClN8O7. The molecule has 1 atom stereocenters. The number of fused-ring (bicyclic) bond motifs is 2. The molecule has 3 fully saturated rings. The van der Waals surface area contributed by atoms with Crippen LogP contribution >= 0.6 is 11.6 Å². The van der Waals surface area contributed by atoms with Gasteiger partial charge in [-0.2, -0.15) is 5.10 Å². The number of hydrogen-bond acceptors (Lipinski definition) is 10. The smallest absolute Gasteiger partial charge is 0.339 e. The molecule has 3 saturated heterocycles. The number of nitrogens with zero attached hydrogens (tertiary/aromatic N) is 6. The van der Waals surface area contributed by atoms with E-state index in [0.717, 1.165) is 88.6 Å². The molecule has 2 aromatic heterocycles. The molecule has 9 rings (SSSR count). The fourth-order valence-corrected chi connectivity index (χ4v) is 10.2. The van der Waals surface area contributed by atoms with Gasteiger partial charge in [-0.25, -0.2) is 19.1 Å². The second-order valence-corrected chi connectivity index (χ2v) is 18.9. The minimum absolute atomic E-state index is 0.0196. The van der Waals surface area contributed by atoms with Crippen molar-refractivity contribution < 1.29 is 28.7 Å². The van der Waals surface area contributed by atoms with Crippen LogP contribution in [0.3, 0.4) is 0 Å². The summed E-state index contributed by atoms with van der Waals surface area (Å²) in [6.07, 6.45) is 6.25. The number of aromatic nitrogens is 3. The summed E-state index contributed by atoms with van der Waals surface area (Å²) in [6.45, 7) is 7.74. The van der Waals surface area contributed by atoms with Crippen molar-refractivity contribution in [1.29, 1.82) is 0 Å². The van der Waals surface area contributed by atoms with Crippen LogP contribution in [-0.2, 0) is 33.8 Å². The summed E-state index contributed by atoms with van der Waals surface area (Å²) in [5.74, 6) is -1.05. The van der Waals surface area contributed by atoms with E-state index in [2.05, 4.69) is 27.1 Å². The van der Waals surface area contributed by atoms with Crippen molar-refractivity contribution in [3.63, 3.8) is 0 Å². The van der Waals surface area contributed by atoms with E-state index in [1.165, 1.54) is 0 Å². The number of aryl methyl sites for hydroxylation is 1. The van der Waals surface area contributed by atoms with Crippen LogP contribution in [0.4, 0.5) is 4.79 Å². The number of H-pyrrole nitrogens is 1. The molecule has 4 aromatic carbocycles. The molecule has 6 aromatic rings. The number of likely N-dealkylation sites (tertiary alicyclic amines) is 2. The minimum atomic E-state index is -0.805. The number of urea groups is 1. The van der Waals surface area contributed by atoms with Crippen LogP contribution in [0.15, 0.2) is 102 Å². The van der Waals surface area contributed by atoms with Gasteiger partial charge < -0.3 is 34.5 Å². The third kappa shape index (κ3) is 11.3. The van der Waals surface area contributed by atoms with Crippen LogP contribution in [0.25, 0.3) is 21.8 Å². The van der Waals surface area contributed by atoms with Crippen molar-refractivity contribution in [2.24, 2.45) is 0 Å². The zero-order valence-electron chi connectivity index (χ0n) is 39.2. The lowest BCUT2D eigenvalue weighted by Crippen LogP contribution is -2.59. The maximum Gasteiger partial charge on any atom is 0.339 e. The molecule has 3 aliphatic rings. The zero-order chi connectivity index (χ0) is 48.0. The van der Waals surface area contributed by atoms with Gasteiger partial charge in [-0.05, 0) is 135 Å². The average molecular weight is 956 g/mol. The Kier molecular flexibility index (Phi) is 14.7. The van der Waals surface area contributed by atoms with Gasteiger partial charge in [0.1, 0.15) is 6.04 Å². The first-order valence-electron chi connectivity index (χ1n) is 23.9. The number of rotatable bonds is 13. The van der Waals surface area contributed by atoms with E-state index in [1.807, 2.05) is 84.8 Å². The highest BCUT2D eigenvalue weighted by Crippen LogP contribution is 2.28. The number of nitrogens with one attached hydrogen (secondary N) is 2. The molecular weight excluding hydrogens is 896 g/mol. The van der Waals surface area contributed by atoms with Crippen molar-refractivity contribution in [3.05, 3.63) is 146 Å². The van der Waals surface area contributed by atoms with Crippen LogP contribution < -0.4 is 10.9 Å². The number of hydrogen-bond donors (Lipinski definition) is 2. The number of halogens is 1. The highest BCUT2D eigenvalue weighted by Gasteiger charge is 2.34. The van der Waals surface area contributed by atoms with E-state index in [9.17, 15) is 24.0 Å². The number of ether oxygens (including phenoxy) is 2. The first-order chi connectivity index (χ1) is 33.5. The second-order valence-electron chi connectivity index (χ2n) is 18.7. The Morgan fingerprint density at radius 2 is 1.41 bits per heavy atom. The van der Waals surface area contributed by atoms with Crippen molar-refractivity contribution >= 4 is 57.3 Å². The van der Waals surface area contributed by atoms with Crippen molar-refractivity contribution in [2.75, 3.05) is 65.5 Å². The van der Waals surface area contributed by atoms with Gasteiger partial charge in [0.05, 0.1) is 16.6 Å². The van der Waals surface area contributed by atoms with Crippen molar-refractivity contribution in [1.82, 2.24) is 39.7 Å². The monoisotopic (exact) mass is 954 g/mol. The third-order valence-electron chi connectivity index (χ3n) is 14.1. The van der Waals surface area contributed by atoms with Gasteiger partial charge in [0.15, 0.2) is 12.8 Å². The molecule has 0 radical (unpaired) electrons. The van der Waals surface area contributed by atoms with Gasteiger partial charge in [-0.3, -0.25) is 14.5 Å². The van der Waals surface area contributed by atoms with Crippen molar-refractivity contribution in [2.45, 2.75) is 70.2 Å². The summed E-state index contributed by atoms with van der Waals surface area (Å²) < 4.78 is 12.1. The van der Waals surface area contributed by atoms with Crippen LogP contribution in [0.5, 0.6) is 0 Å². The van der Waals surface area contributed by atoms with E-state index >= 15 is 0 Å². The van der Waals surface area contributed by atoms with Crippen LogP contribution in [-0.4, -0.2) is 136 Å². The van der Waals surface area contributed by atoms with Crippen LogP contribution in [0.2, 0.25) is 0 Å². The first kappa shape index (κ1) is 47.5. The number of piperazine rings is 1. The standard InChI is InChI=1S/C53H59ClN8O7/c1-35-27-38(29-43-32-62(57-48(35)43)34-69-52(66)41-13-9-37(10-14-41)28-36-7-11-40(12-8-36)51(65)68-33-54)30-47(50(64)60-25-23-59(24-26-60)44-17-19-58(2)20-18-44)56-53(67)61-21-15-39(16-22-61)45-31-42-5-3-4-6-46(42)55-49(45)63/h3-14,27,29,31-32,39,44,47H,15-26,28,30,33-34H2,1-2H3,(H,55,63)(H,56,67). The van der Waals surface area contributed by atoms with E-state index in [1.54, 1.807) is 33.8 Å². The molecule has 3 amide bonds. The summed E-state index contributed by atoms with van der Waals surface area (Å²) in [4.78, 5) is 78.4. The predicted octanol–water partition coefficient (Wildman–Crippen LogP) is 6.68. The molecule has 15 nitrogen and oxygen atoms in total. The highest BCUT2D eigenvalue weighted by atomic mass is 35.5. The number of alkyl halides is 1. The normalized spacial score (nSPS) is 17.0. The lowest BCUT2D eigenvalue weighted by Gasteiger charge is -2.43. The summed E-state index contributed by atoms with van der Waals surface area (Å²) in [5.41, 5.74) is 6.76. The molecule has 0 bridgehead atoms. The minimum Gasteiger partial charge on any atom is -0.446 e. The lowest BCUT2D eigenvalue weighted by atomic mass is 9.89. The van der Waals surface area contributed by atoms with Gasteiger partial charge in [0.2, 0.25) is 5.91 Å². The van der Waals surface area contributed by atoms with Gasteiger partial charge in [-0.1, -0.05) is 60.1 Å². The Hall–Kier alpha value is -6.55. The maximum absolute atomic E-state index is 14.5. The van der Waals surface area contributed by atoms with E-state index in [-0.39, 0.29) is 42.6 Å². The summed E-state index contributed by atoms with van der Waals surface area (Å²) in [5, 5.41) is 9.69. The zero-order valence-corrected chi connectivity index (χ0v) is 40.0. The first-order valence-corrected chi connectivity index (χ1v) is 24.4. The molecule has 3 aliphatic heterocycles. The lowest BCUT2D eigenvalue weighted by molar-refractivity contribution is -0.135. The second kappa shape index (κ2) is 21.4. The summed E-state index contributed by atoms with van der Waals surface area (Å²) in [6, 6.07) is 27.2. The number of esters is 2. The molecule has 0 aliphatic carbocycles. The maximum atomic E-state index is 14.5. The fourth-order valence-electron chi connectivity index (χ4n) is 10.1. The van der Waals surface area contributed by atoms with Gasteiger partial charge in [0, 0.05) is 74.4 Å². The Morgan fingerprint density at radius 3 is 2.07 bits per heavy atom. The fraction of sp³-hybridized carbons (Fsp3) is 0.396. The molecule has 69 heavy (non-hydrogen) atoms. The molecule has 360 valence electrons. The number of piperidine rings is 2. The largest absolute Gasteiger partial charge is 0.446 e. The Bertz CT molecular complexity index is 2860. The molecule has 0 saturated carbocycles. The number of amides is 3. The quantitative estimate of drug-likeness (QED) is 0.0944. The van der Waals surface area contributed by atoms with E-state index < -0.39 is 18.0 Å². The summed E-state index contributed by atoms with van der Waals surface area (Å²) in [7, 11) is 2.17. The average Bonchev–Trinajstić information content (AvgIpc) is 3.79. The topological polar surface area (TPSA) is 162 Å². The SMILES string of the molecule is Cc1cc(CC(NC(=O)N2CCC(c3cc4ccccc4[nH]c3=O)CC2)C(=O)N2CCN(C3CCN(C)CC3)CC2)cc2cn(COC(=O)c3ccc(Cc4ccc(C(=O)OCCl)cc4)cc3)nc12.